The zero-order valence-electron chi connectivity index (χ0n) is 11.7. The number of rotatable bonds is 6. The zero-order valence-corrected chi connectivity index (χ0v) is 12.6. The summed E-state index contributed by atoms with van der Waals surface area (Å²) in [6.07, 6.45) is 1.57. The van der Waals surface area contributed by atoms with Gasteiger partial charge in [0, 0.05) is 29.4 Å². The SMILES string of the molecule is CCC(NCCC(=O)NC(C)(C)C)c1cccs1. The van der Waals surface area contributed by atoms with Gasteiger partial charge in [0.05, 0.1) is 0 Å². The molecule has 1 rings (SSSR count). The minimum absolute atomic E-state index is 0.107. The Morgan fingerprint density at radius 3 is 2.67 bits per heavy atom. The molecule has 0 spiro atoms. The third-order valence-corrected chi connectivity index (χ3v) is 3.54. The number of carbonyl (C=O) groups excluding carboxylic acids is 1. The normalized spacial score (nSPS) is 13.3. The number of thiophene rings is 1. The van der Waals surface area contributed by atoms with Crippen LogP contribution in [0.2, 0.25) is 0 Å². The fourth-order valence-corrected chi connectivity index (χ4v) is 2.66. The first-order valence-corrected chi connectivity index (χ1v) is 7.38. The molecule has 0 aromatic carbocycles. The highest BCUT2D eigenvalue weighted by Crippen LogP contribution is 2.21. The summed E-state index contributed by atoms with van der Waals surface area (Å²) in [5, 5.41) is 8.50. The van der Waals surface area contributed by atoms with Crippen LogP contribution in [0.25, 0.3) is 0 Å². The second-order valence-corrected chi connectivity index (χ2v) is 6.46. The molecule has 1 atom stereocenters. The number of carbonyl (C=O) groups is 1. The minimum Gasteiger partial charge on any atom is -0.351 e. The van der Waals surface area contributed by atoms with Crippen molar-refractivity contribution in [3.05, 3.63) is 22.4 Å². The van der Waals surface area contributed by atoms with Crippen molar-refractivity contribution in [2.75, 3.05) is 6.54 Å². The van der Waals surface area contributed by atoms with Gasteiger partial charge in [-0.2, -0.15) is 0 Å². The summed E-state index contributed by atoms with van der Waals surface area (Å²) in [6.45, 7) is 8.88. The average molecular weight is 268 g/mol. The first-order valence-electron chi connectivity index (χ1n) is 6.50. The summed E-state index contributed by atoms with van der Waals surface area (Å²) in [5.74, 6) is 0.107. The summed E-state index contributed by atoms with van der Waals surface area (Å²) < 4.78 is 0. The number of hydrogen-bond acceptors (Lipinski definition) is 3. The van der Waals surface area contributed by atoms with Crippen molar-refractivity contribution < 1.29 is 4.79 Å². The lowest BCUT2D eigenvalue weighted by atomic mass is 10.1. The lowest BCUT2D eigenvalue weighted by Gasteiger charge is -2.21. The Bertz CT molecular complexity index is 354. The summed E-state index contributed by atoms with van der Waals surface area (Å²) in [7, 11) is 0. The lowest BCUT2D eigenvalue weighted by molar-refractivity contribution is -0.122. The van der Waals surface area contributed by atoms with Gasteiger partial charge in [0.25, 0.3) is 0 Å². The molecule has 1 aromatic heterocycles. The van der Waals surface area contributed by atoms with Crippen molar-refractivity contribution in [2.45, 2.75) is 52.1 Å². The maximum atomic E-state index is 11.7. The van der Waals surface area contributed by atoms with E-state index in [9.17, 15) is 4.79 Å². The monoisotopic (exact) mass is 268 g/mol. The zero-order chi connectivity index (χ0) is 13.6. The third kappa shape index (κ3) is 5.65. The molecule has 0 aliphatic rings. The molecule has 4 heteroatoms. The Balaban J connectivity index is 2.30. The van der Waals surface area contributed by atoms with Crippen LogP contribution in [-0.4, -0.2) is 18.0 Å². The first kappa shape index (κ1) is 15.2. The van der Waals surface area contributed by atoms with Crippen LogP contribution in [0.3, 0.4) is 0 Å². The highest BCUT2D eigenvalue weighted by atomic mass is 32.1. The van der Waals surface area contributed by atoms with Crippen molar-refractivity contribution in [2.24, 2.45) is 0 Å². The van der Waals surface area contributed by atoms with Crippen molar-refractivity contribution in [1.82, 2.24) is 10.6 Å². The Hall–Kier alpha value is -0.870. The molecule has 1 aromatic rings. The van der Waals surface area contributed by atoms with Crippen molar-refractivity contribution in [3.63, 3.8) is 0 Å². The fourth-order valence-electron chi connectivity index (χ4n) is 1.78. The van der Waals surface area contributed by atoms with E-state index in [4.69, 9.17) is 0 Å². The highest BCUT2D eigenvalue weighted by Gasteiger charge is 2.14. The van der Waals surface area contributed by atoms with E-state index in [1.165, 1.54) is 4.88 Å². The van der Waals surface area contributed by atoms with E-state index >= 15 is 0 Å². The standard InChI is InChI=1S/C14H24N2OS/c1-5-11(12-7-6-10-18-12)15-9-8-13(17)16-14(2,3)4/h6-7,10-11,15H,5,8-9H2,1-4H3,(H,16,17). The van der Waals surface area contributed by atoms with Gasteiger partial charge in [0.1, 0.15) is 0 Å². The maximum Gasteiger partial charge on any atom is 0.221 e. The van der Waals surface area contributed by atoms with E-state index in [0.717, 1.165) is 13.0 Å². The van der Waals surface area contributed by atoms with Crippen molar-refractivity contribution in [1.29, 1.82) is 0 Å². The molecule has 0 saturated heterocycles. The molecule has 18 heavy (non-hydrogen) atoms. The van der Waals surface area contributed by atoms with Gasteiger partial charge in [-0.15, -0.1) is 11.3 Å². The Labute approximate surface area is 114 Å². The molecule has 3 nitrogen and oxygen atoms in total. The highest BCUT2D eigenvalue weighted by molar-refractivity contribution is 7.10. The van der Waals surface area contributed by atoms with Crippen LogP contribution in [0.5, 0.6) is 0 Å². The van der Waals surface area contributed by atoms with E-state index in [1.54, 1.807) is 11.3 Å². The Morgan fingerprint density at radius 2 is 2.17 bits per heavy atom. The number of hydrogen-bond donors (Lipinski definition) is 2. The van der Waals surface area contributed by atoms with Gasteiger partial charge in [-0.1, -0.05) is 13.0 Å². The van der Waals surface area contributed by atoms with Crippen LogP contribution in [-0.2, 0) is 4.79 Å². The maximum absolute atomic E-state index is 11.7. The van der Waals surface area contributed by atoms with Gasteiger partial charge in [-0.25, -0.2) is 0 Å². The molecule has 0 saturated carbocycles. The van der Waals surface area contributed by atoms with Crippen molar-refractivity contribution in [3.8, 4) is 0 Å². The van der Waals surface area contributed by atoms with E-state index in [2.05, 4.69) is 35.1 Å². The van der Waals surface area contributed by atoms with Gasteiger partial charge >= 0.3 is 0 Å². The number of nitrogens with one attached hydrogen (secondary N) is 2. The van der Waals surface area contributed by atoms with Crippen LogP contribution in [0, 0.1) is 0 Å². The molecule has 102 valence electrons. The summed E-state index contributed by atoms with van der Waals surface area (Å²) in [4.78, 5) is 13.0. The van der Waals surface area contributed by atoms with E-state index in [0.29, 0.717) is 12.5 Å². The predicted octanol–water partition coefficient (Wildman–Crippen LogP) is 3.09. The molecular weight excluding hydrogens is 244 g/mol. The van der Waals surface area contributed by atoms with Crippen LogP contribution >= 0.6 is 11.3 Å². The Kier molecular flexibility index (Phi) is 5.82. The molecule has 0 aliphatic heterocycles. The molecule has 1 heterocycles. The van der Waals surface area contributed by atoms with Crippen LogP contribution < -0.4 is 10.6 Å². The van der Waals surface area contributed by atoms with Crippen molar-refractivity contribution >= 4 is 17.2 Å². The third-order valence-electron chi connectivity index (χ3n) is 2.55. The molecule has 0 radical (unpaired) electrons. The molecule has 2 N–H and O–H groups in total. The fraction of sp³-hybridized carbons (Fsp3) is 0.643. The molecular formula is C14H24N2OS. The Morgan fingerprint density at radius 1 is 1.44 bits per heavy atom. The molecule has 1 amide bonds. The topological polar surface area (TPSA) is 41.1 Å². The molecule has 0 bridgehead atoms. The summed E-state index contributed by atoms with van der Waals surface area (Å²) in [6, 6.07) is 4.57. The van der Waals surface area contributed by atoms with Gasteiger partial charge in [-0.05, 0) is 38.6 Å². The first-order chi connectivity index (χ1) is 8.42. The summed E-state index contributed by atoms with van der Waals surface area (Å²) in [5.41, 5.74) is -0.144. The van der Waals surface area contributed by atoms with Gasteiger partial charge in [0.15, 0.2) is 0 Å². The second-order valence-electron chi connectivity index (χ2n) is 5.48. The molecule has 0 aliphatic carbocycles. The smallest absolute Gasteiger partial charge is 0.221 e. The predicted molar refractivity (Wildman–Crippen MR) is 77.9 cm³/mol. The minimum atomic E-state index is -0.144. The number of amides is 1. The van der Waals surface area contributed by atoms with E-state index in [-0.39, 0.29) is 11.4 Å². The van der Waals surface area contributed by atoms with Gasteiger partial charge < -0.3 is 10.6 Å². The van der Waals surface area contributed by atoms with Gasteiger partial charge in [0.2, 0.25) is 5.91 Å². The molecule has 0 fully saturated rings. The summed E-state index contributed by atoms with van der Waals surface area (Å²) >= 11 is 1.76. The lowest BCUT2D eigenvalue weighted by Crippen LogP contribution is -2.41. The molecule has 1 unspecified atom stereocenters. The van der Waals surface area contributed by atoms with Gasteiger partial charge in [-0.3, -0.25) is 4.79 Å². The van der Waals surface area contributed by atoms with E-state index < -0.39 is 0 Å². The average Bonchev–Trinajstić information content (AvgIpc) is 2.75. The van der Waals surface area contributed by atoms with E-state index in [1.807, 2.05) is 20.8 Å². The quantitative estimate of drug-likeness (QED) is 0.832. The van der Waals surface area contributed by atoms with Crippen LogP contribution in [0.15, 0.2) is 17.5 Å². The largest absolute Gasteiger partial charge is 0.351 e. The van der Waals surface area contributed by atoms with Crippen LogP contribution in [0.4, 0.5) is 0 Å². The van der Waals surface area contributed by atoms with Crippen LogP contribution in [0.1, 0.15) is 51.5 Å². The second kappa shape index (κ2) is 6.90.